The van der Waals surface area contributed by atoms with Crippen molar-refractivity contribution in [1.82, 2.24) is 66.8 Å². The van der Waals surface area contributed by atoms with Crippen LogP contribution in [0.3, 0.4) is 0 Å². The van der Waals surface area contributed by atoms with E-state index in [2.05, 4.69) is 51.8 Å². The van der Waals surface area contributed by atoms with Gasteiger partial charge in [-0.2, -0.15) is 0 Å². The van der Waals surface area contributed by atoms with Crippen LogP contribution in [-0.4, -0.2) is 129 Å². The van der Waals surface area contributed by atoms with Crippen molar-refractivity contribution in [1.29, 1.82) is 0 Å². The lowest BCUT2D eigenvalue weighted by Crippen LogP contribution is -2.52. The van der Waals surface area contributed by atoms with Crippen molar-refractivity contribution in [3.05, 3.63) is 100 Å². The molecule has 9 N–H and O–H groups in total. The summed E-state index contributed by atoms with van der Waals surface area (Å²) in [6.45, 7) is 11.1. The second kappa shape index (κ2) is 24.4. The average molecular weight is 1170 g/mol. The molecule has 6 atom stereocenters. The van der Waals surface area contributed by atoms with Crippen LogP contribution >= 0.6 is 68.0 Å². The van der Waals surface area contributed by atoms with Crippen LogP contribution in [0.2, 0.25) is 0 Å². The number of nitrogens with one attached hydrogen (secondary N) is 6. The highest BCUT2D eigenvalue weighted by Gasteiger charge is 2.37. The summed E-state index contributed by atoms with van der Waals surface area (Å²) in [7, 11) is 1.47. The van der Waals surface area contributed by atoms with Crippen LogP contribution in [0.25, 0.3) is 49.1 Å². The van der Waals surface area contributed by atoms with Crippen LogP contribution in [0, 0.1) is 0 Å². The minimum atomic E-state index is -1.46. The van der Waals surface area contributed by atoms with E-state index in [0.717, 1.165) is 56.7 Å². The molecule has 0 aromatic carbocycles. The molecule has 6 amide bonds. The maximum atomic E-state index is 14.0. The Bertz CT molecular complexity index is 3460. The van der Waals surface area contributed by atoms with E-state index in [0.29, 0.717) is 53.4 Å². The average Bonchev–Trinajstić information content (AvgIpc) is 4.29. The normalized spacial score (nSPS) is 18.5. The molecule has 0 unspecified atom stereocenters. The number of rotatable bonds is 11. The fraction of sp³-hybridized carbons (Fsp3) is 0.327. The molecule has 7 aromatic rings. The van der Waals surface area contributed by atoms with E-state index in [1.807, 2.05) is 0 Å². The molecule has 0 saturated carbocycles. The largest absolute Gasteiger partial charge is 0.392 e. The maximum absolute atomic E-state index is 14.0. The first-order valence-electron chi connectivity index (χ1n) is 23.7. The first-order chi connectivity index (χ1) is 37.2. The summed E-state index contributed by atoms with van der Waals surface area (Å²) in [6.07, 6.45) is -0.322. The molecule has 0 radical (unpaired) electrons. The fourth-order valence-electron chi connectivity index (χ4n) is 7.32. The summed E-state index contributed by atoms with van der Waals surface area (Å²) in [5, 5.41) is 59.4. The molecule has 408 valence electrons. The van der Waals surface area contributed by atoms with Gasteiger partial charge in [-0.1, -0.05) is 12.2 Å². The second-order valence-corrected chi connectivity index (χ2v) is 23.1. The van der Waals surface area contributed by atoms with Crippen LogP contribution < -0.4 is 31.9 Å². The van der Waals surface area contributed by atoms with Crippen molar-refractivity contribution >= 4 is 109 Å². The van der Waals surface area contributed by atoms with Gasteiger partial charge in [-0.25, -0.2) is 34.9 Å². The quantitative estimate of drug-likeness (QED) is 0.0738. The molecule has 1 aliphatic rings. The Kier molecular flexibility index (Phi) is 17.9. The minimum Gasteiger partial charge on any atom is -0.392 e. The number of aliphatic hydroxyl groups is 3. The predicted octanol–water partition coefficient (Wildman–Crippen LogP) is 5.34. The van der Waals surface area contributed by atoms with Crippen molar-refractivity contribution < 1.29 is 48.8 Å². The van der Waals surface area contributed by atoms with Gasteiger partial charge in [-0.3, -0.25) is 28.8 Å². The summed E-state index contributed by atoms with van der Waals surface area (Å²) in [5.41, 5.74) is 1.00. The van der Waals surface area contributed by atoms with Gasteiger partial charge in [0.05, 0.1) is 35.3 Å². The first kappa shape index (κ1) is 57.3. The number of aliphatic hydroxyl groups excluding tert-OH is 3. The van der Waals surface area contributed by atoms with Gasteiger partial charge in [-0.05, 0) is 60.6 Å². The number of thiazole rings is 6. The summed E-state index contributed by atoms with van der Waals surface area (Å²) in [5.74, 6) is -3.98. The SMILES string of the molecule is CC=C(NC(=O)c1csc(-c2csc(-c3ccc4c(n3)-c3csc(n3)[C@@H]([C@H](C)O)NC(=O)c3csc(n3)[C@H](C(C)(C)OC)NC(=O)c3csc(n3)C(=CC)NC(=O)[C@H]([C@H](C)O)NC(=O)c3csc-4n3)n2)n1)C(=O)NC[C@H](C)O. The monoisotopic (exact) mass is 1170 g/mol. The highest BCUT2D eigenvalue weighted by atomic mass is 32.1. The number of carbonyl (C=O) groups is 6. The lowest BCUT2D eigenvalue weighted by atomic mass is 9.99. The van der Waals surface area contributed by atoms with E-state index >= 15 is 0 Å². The number of carbonyl (C=O) groups excluding carboxylic acids is 6. The van der Waals surface area contributed by atoms with Crippen LogP contribution in [0.15, 0.2) is 62.3 Å². The van der Waals surface area contributed by atoms with Gasteiger partial charge in [0.1, 0.15) is 93.7 Å². The van der Waals surface area contributed by atoms with Crippen molar-refractivity contribution in [2.75, 3.05) is 13.7 Å². The molecule has 0 aliphatic carbocycles. The number of methoxy groups -OCH3 is 1. The van der Waals surface area contributed by atoms with Gasteiger partial charge < -0.3 is 52.0 Å². The van der Waals surface area contributed by atoms with Crippen molar-refractivity contribution in [2.24, 2.45) is 0 Å². The van der Waals surface area contributed by atoms with Crippen molar-refractivity contribution in [3.8, 4) is 43.4 Å². The third kappa shape index (κ3) is 12.8. The zero-order chi connectivity index (χ0) is 56.2. The zero-order valence-corrected chi connectivity index (χ0v) is 47.6. The fourth-order valence-corrected chi connectivity index (χ4v) is 12.6. The summed E-state index contributed by atoms with van der Waals surface area (Å²) < 4.78 is 5.79. The maximum Gasteiger partial charge on any atom is 0.275 e. The minimum absolute atomic E-state index is 0.00194. The van der Waals surface area contributed by atoms with Crippen molar-refractivity contribution in [2.45, 2.75) is 90.5 Å². The number of pyridine rings is 1. The summed E-state index contributed by atoms with van der Waals surface area (Å²) in [4.78, 5) is 114. The summed E-state index contributed by atoms with van der Waals surface area (Å²) in [6, 6.07) is 0.0423. The van der Waals surface area contributed by atoms with Gasteiger partial charge in [0.15, 0.2) is 0 Å². The molecule has 1 aliphatic heterocycles. The Balaban J connectivity index is 1.16. The van der Waals surface area contributed by atoms with Gasteiger partial charge in [0.25, 0.3) is 29.5 Å². The third-order valence-electron chi connectivity index (χ3n) is 11.7. The number of ether oxygens (including phenoxy) is 1. The van der Waals surface area contributed by atoms with E-state index in [-0.39, 0.29) is 45.7 Å². The Morgan fingerprint density at radius 1 is 0.667 bits per heavy atom. The smallest absolute Gasteiger partial charge is 0.275 e. The van der Waals surface area contributed by atoms with Gasteiger partial charge >= 0.3 is 0 Å². The van der Waals surface area contributed by atoms with Crippen LogP contribution in [-0.2, 0) is 14.3 Å². The molecule has 0 fully saturated rings. The molecule has 29 heteroatoms. The summed E-state index contributed by atoms with van der Waals surface area (Å²) >= 11 is 6.85. The van der Waals surface area contributed by atoms with Crippen molar-refractivity contribution in [3.63, 3.8) is 0 Å². The van der Waals surface area contributed by atoms with Gasteiger partial charge in [0.2, 0.25) is 5.91 Å². The van der Waals surface area contributed by atoms with Gasteiger partial charge in [0, 0.05) is 51.5 Å². The third-order valence-corrected chi connectivity index (χ3v) is 17.1. The zero-order valence-electron chi connectivity index (χ0n) is 42.7. The number of fused-ring (bicyclic) bond motifs is 11. The van der Waals surface area contributed by atoms with Crippen LogP contribution in [0.1, 0.15) is 118 Å². The van der Waals surface area contributed by atoms with Gasteiger partial charge in [-0.15, -0.1) is 68.0 Å². The lowest BCUT2D eigenvalue weighted by Gasteiger charge is -2.32. The standard InChI is InChI=1S/C49H51N13O10S6/c1-9-24(37(66)50-13-20(3)63)52-38(67)28-16-75-46(57-28)32-19-76-45(59-32)26-12-11-23-35(51-26)27-14-77-47(54-27)34(22(5)65)61-40(69)30-18-78-48(58-30)36(49(6,7)72-8)62-41(70)31-17-74-44(56-31)25(10-2)53-42(71)33(21(4)64)60-39(68)29-15-73-43(23)55-29/h9-12,14-22,33-34,36,63-65H,13H2,1-8H3,(H,50,66)(H,52,67)(H,53,71)(H,60,68)(H,61,69)(H,62,70)/t20-,21-,22-,33-,34+,36+/m0/s1. The van der Waals surface area contributed by atoms with Crippen LogP contribution in [0.4, 0.5) is 0 Å². The first-order valence-corrected chi connectivity index (χ1v) is 29.0. The van der Waals surface area contributed by atoms with Crippen LogP contribution in [0.5, 0.6) is 0 Å². The number of hydrogen-bond donors (Lipinski definition) is 9. The van der Waals surface area contributed by atoms with E-state index in [1.54, 1.807) is 56.7 Å². The highest BCUT2D eigenvalue weighted by Crippen LogP contribution is 2.39. The number of allylic oxidation sites excluding steroid dienone is 2. The number of hydrogen-bond acceptors (Lipinski definition) is 23. The Hall–Kier alpha value is -6.93. The molecule has 78 heavy (non-hydrogen) atoms. The Morgan fingerprint density at radius 2 is 1.22 bits per heavy atom. The number of nitrogens with zero attached hydrogens (tertiary/aromatic N) is 7. The van der Waals surface area contributed by atoms with E-state index in [1.165, 1.54) is 66.8 Å². The molecule has 23 nitrogen and oxygen atoms in total. The molecule has 8 rings (SSSR count). The molecular weight excluding hydrogens is 1120 g/mol. The van der Waals surface area contributed by atoms with E-state index in [4.69, 9.17) is 19.7 Å². The molecular formula is C49H51N13O10S6. The molecule has 0 saturated heterocycles. The molecule has 0 spiro atoms. The molecule has 8 bridgehead atoms. The second-order valence-electron chi connectivity index (χ2n) is 17.9. The Labute approximate surface area is 469 Å². The number of aromatic nitrogens is 7. The number of amides is 6. The molecule has 7 aromatic heterocycles. The van der Waals surface area contributed by atoms with E-state index < -0.39 is 77.5 Å². The van der Waals surface area contributed by atoms with E-state index in [9.17, 15) is 44.1 Å². The molecule has 8 heterocycles. The highest BCUT2D eigenvalue weighted by molar-refractivity contribution is 7.15. The Morgan fingerprint density at radius 3 is 1.88 bits per heavy atom. The topological polar surface area (TPSA) is 335 Å². The predicted molar refractivity (Wildman–Crippen MR) is 297 cm³/mol. The lowest BCUT2D eigenvalue weighted by molar-refractivity contribution is -0.124.